The molecule has 1 unspecified atom stereocenters. The molecule has 0 amide bonds. The lowest BCUT2D eigenvalue weighted by Crippen LogP contribution is -2.15. The van der Waals surface area contributed by atoms with Gasteiger partial charge >= 0.3 is 5.97 Å². The molecule has 0 spiro atoms. The number of carbonyl (C=O) groups excluding carboxylic acids is 2. The Labute approximate surface area is 140 Å². The Morgan fingerprint density at radius 2 is 1.74 bits per heavy atom. The van der Waals surface area contributed by atoms with E-state index in [0.29, 0.717) is 22.5 Å². The Morgan fingerprint density at radius 1 is 1.13 bits per heavy atom. The molecule has 0 saturated heterocycles. The number of ether oxygens (including phenoxy) is 1. The van der Waals surface area contributed by atoms with Gasteiger partial charge in [-0.2, -0.15) is 0 Å². The molecule has 1 aromatic heterocycles. The molecule has 23 heavy (non-hydrogen) atoms. The van der Waals surface area contributed by atoms with E-state index in [1.807, 2.05) is 38.1 Å². The van der Waals surface area contributed by atoms with Gasteiger partial charge in [0, 0.05) is 10.6 Å². The number of esters is 1. The number of Topliss-reactive ketones (excluding diaryl/α,β-unsaturated/α-hetero) is 1. The van der Waals surface area contributed by atoms with Crippen molar-refractivity contribution < 1.29 is 14.3 Å². The first kappa shape index (κ1) is 17.3. The van der Waals surface area contributed by atoms with Crippen LogP contribution in [0.15, 0.2) is 29.2 Å². The van der Waals surface area contributed by atoms with E-state index in [1.165, 1.54) is 24.4 Å². The van der Waals surface area contributed by atoms with Gasteiger partial charge in [0.25, 0.3) is 0 Å². The minimum atomic E-state index is -0.422. The zero-order chi connectivity index (χ0) is 17.1. The molecule has 4 nitrogen and oxygen atoms in total. The molecule has 0 aliphatic rings. The van der Waals surface area contributed by atoms with Gasteiger partial charge in [-0.25, -0.2) is 4.79 Å². The van der Waals surface area contributed by atoms with Crippen molar-refractivity contribution in [2.45, 2.75) is 37.8 Å². The maximum absolute atomic E-state index is 12.7. The predicted octanol–water partition coefficient (Wildman–Crippen LogP) is 4.09. The van der Waals surface area contributed by atoms with E-state index in [0.717, 1.165) is 4.90 Å². The van der Waals surface area contributed by atoms with Crippen molar-refractivity contribution in [3.8, 4) is 0 Å². The number of ketones is 1. The van der Waals surface area contributed by atoms with Crippen molar-refractivity contribution in [1.29, 1.82) is 0 Å². The van der Waals surface area contributed by atoms with E-state index >= 15 is 0 Å². The summed E-state index contributed by atoms with van der Waals surface area (Å²) < 4.78 is 4.78. The largest absolute Gasteiger partial charge is 0.465 e. The molecule has 5 heteroatoms. The molecule has 0 fully saturated rings. The van der Waals surface area contributed by atoms with Crippen LogP contribution in [0.1, 0.15) is 44.6 Å². The standard InChI is InChI=1S/C18H21NO3S/c1-10-6-8-14(9-7-10)23-13(4)17(20)16-11(2)15(12(3)19-16)18(21)22-5/h6-9,13,19H,1-5H3. The molecule has 122 valence electrons. The average molecular weight is 331 g/mol. The van der Waals surface area contributed by atoms with Gasteiger partial charge in [-0.3, -0.25) is 4.79 Å². The molecule has 0 bridgehead atoms. The molecule has 1 aromatic carbocycles. The number of hydrogen-bond acceptors (Lipinski definition) is 4. The van der Waals surface area contributed by atoms with Crippen LogP contribution in [0, 0.1) is 20.8 Å². The smallest absolute Gasteiger partial charge is 0.339 e. The van der Waals surface area contributed by atoms with Crippen LogP contribution in [0.4, 0.5) is 0 Å². The molecular formula is C18H21NO3S. The topological polar surface area (TPSA) is 59.2 Å². The highest BCUT2D eigenvalue weighted by Crippen LogP contribution is 2.28. The van der Waals surface area contributed by atoms with Crippen LogP contribution in [0.3, 0.4) is 0 Å². The van der Waals surface area contributed by atoms with Gasteiger partial charge in [0.05, 0.1) is 23.6 Å². The van der Waals surface area contributed by atoms with Crippen LogP contribution in [0.25, 0.3) is 0 Å². The number of hydrogen-bond donors (Lipinski definition) is 1. The van der Waals surface area contributed by atoms with Crippen molar-refractivity contribution in [1.82, 2.24) is 4.98 Å². The molecule has 0 aliphatic heterocycles. The lowest BCUT2D eigenvalue weighted by Gasteiger charge is -2.10. The number of rotatable bonds is 5. The second kappa shape index (κ2) is 7.04. The summed E-state index contributed by atoms with van der Waals surface area (Å²) in [5.74, 6) is -0.444. The molecule has 2 aromatic rings. The van der Waals surface area contributed by atoms with E-state index in [-0.39, 0.29) is 11.0 Å². The lowest BCUT2D eigenvalue weighted by atomic mass is 10.1. The monoisotopic (exact) mass is 331 g/mol. The fourth-order valence-electron chi connectivity index (χ4n) is 2.48. The SMILES string of the molecule is COC(=O)c1c(C)[nH]c(C(=O)C(C)Sc2ccc(C)cc2)c1C. The summed E-state index contributed by atoms with van der Waals surface area (Å²) in [6.07, 6.45) is 0. The molecule has 1 atom stereocenters. The normalized spacial score (nSPS) is 12.0. The van der Waals surface area contributed by atoms with Gasteiger partial charge in [-0.1, -0.05) is 17.7 Å². The third-order valence-electron chi connectivity index (χ3n) is 3.78. The zero-order valence-electron chi connectivity index (χ0n) is 14.0. The molecule has 2 rings (SSSR count). The number of thioether (sulfide) groups is 1. The zero-order valence-corrected chi connectivity index (χ0v) is 14.8. The number of carbonyl (C=O) groups is 2. The molecular weight excluding hydrogens is 310 g/mol. The second-order valence-corrected chi connectivity index (χ2v) is 6.97. The summed E-state index contributed by atoms with van der Waals surface area (Å²) in [6, 6.07) is 8.07. The average Bonchev–Trinajstić information content (AvgIpc) is 2.82. The fraction of sp³-hybridized carbons (Fsp3) is 0.333. The highest BCUT2D eigenvalue weighted by Gasteiger charge is 2.25. The van der Waals surface area contributed by atoms with Crippen molar-refractivity contribution in [3.05, 3.63) is 52.3 Å². The van der Waals surface area contributed by atoms with Gasteiger partial charge in [-0.05, 0) is 45.4 Å². The first-order chi connectivity index (χ1) is 10.8. The maximum Gasteiger partial charge on any atom is 0.339 e. The Morgan fingerprint density at radius 3 is 2.30 bits per heavy atom. The molecule has 1 heterocycles. The van der Waals surface area contributed by atoms with Crippen molar-refractivity contribution in [2.24, 2.45) is 0 Å². The Balaban J connectivity index is 2.23. The van der Waals surface area contributed by atoms with Gasteiger partial charge < -0.3 is 9.72 Å². The molecule has 1 N–H and O–H groups in total. The number of aromatic nitrogens is 1. The maximum atomic E-state index is 12.7. The number of methoxy groups -OCH3 is 1. The van der Waals surface area contributed by atoms with Crippen LogP contribution >= 0.6 is 11.8 Å². The van der Waals surface area contributed by atoms with Gasteiger partial charge in [0.1, 0.15) is 0 Å². The van der Waals surface area contributed by atoms with E-state index in [2.05, 4.69) is 4.98 Å². The summed E-state index contributed by atoms with van der Waals surface area (Å²) in [5.41, 5.74) is 3.42. The van der Waals surface area contributed by atoms with E-state index < -0.39 is 5.97 Å². The van der Waals surface area contributed by atoms with Gasteiger partial charge in [-0.15, -0.1) is 11.8 Å². The van der Waals surface area contributed by atoms with Crippen LogP contribution in [-0.4, -0.2) is 29.1 Å². The third-order valence-corrected chi connectivity index (χ3v) is 4.89. The second-order valence-electron chi connectivity index (χ2n) is 5.55. The molecule has 0 aliphatic carbocycles. The summed E-state index contributed by atoms with van der Waals surface area (Å²) in [4.78, 5) is 28.6. The van der Waals surface area contributed by atoms with E-state index in [9.17, 15) is 9.59 Å². The summed E-state index contributed by atoms with van der Waals surface area (Å²) in [5, 5.41) is -0.250. The lowest BCUT2D eigenvalue weighted by molar-refractivity contribution is 0.0599. The number of aromatic amines is 1. The summed E-state index contributed by atoms with van der Waals surface area (Å²) in [6.45, 7) is 7.45. The quantitative estimate of drug-likeness (QED) is 0.509. The number of aryl methyl sites for hydroxylation is 2. The van der Waals surface area contributed by atoms with Crippen molar-refractivity contribution >= 4 is 23.5 Å². The van der Waals surface area contributed by atoms with E-state index in [1.54, 1.807) is 13.8 Å². The van der Waals surface area contributed by atoms with Crippen LogP contribution in [0.2, 0.25) is 0 Å². The highest BCUT2D eigenvalue weighted by molar-refractivity contribution is 8.00. The first-order valence-corrected chi connectivity index (χ1v) is 8.28. The first-order valence-electron chi connectivity index (χ1n) is 7.40. The molecule has 0 saturated carbocycles. The molecule has 0 radical (unpaired) electrons. The third kappa shape index (κ3) is 3.67. The fourth-order valence-corrected chi connectivity index (χ4v) is 3.41. The number of H-pyrrole nitrogens is 1. The minimum Gasteiger partial charge on any atom is -0.465 e. The number of nitrogens with one attached hydrogen (secondary N) is 1. The van der Waals surface area contributed by atoms with Crippen molar-refractivity contribution in [2.75, 3.05) is 7.11 Å². The van der Waals surface area contributed by atoms with Gasteiger partial charge in [0.15, 0.2) is 5.78 Å². The number of benzene rings is 1. The minimum absolute atomic E-state index is 0.0219. The van der Waals surface area contributed by atoms with Crippen LogP contribution < -0.4 is 0 Å². The van der Waals surface area contributed by atoms with Crippen LogP contribution in [0.5, 0.6) is 0 Å². The van der Waals surface area contributed by atoms with Crippen LogP contribution in [-0.2, 0) is 4.74 Å². The Bertz CT molecular complexity index is 731. The Kier molecular flexibility index (Phi) is 5.31. The predicted molar refractivity (Wildman–Crippen MR) is 92.4 cm³/mol. The van der Waals surface area contributed by atoms with E-state index in [4.69, 9.17) is 4.74 Å². The van der Waals surface area contributed by atoms with Crippen molar-refractivity contribution in [3.63, 3.8) is 0 Å². The summed E-state index contributed by atoms with van der Waals surface area (Å²) in [7, 11) is 1.34. The highest BCUT2D eigenvalue weighted by atomic mass is 32.2. The van der Waals surface area contributed by atoms with Gasteiger partial charge in [0.2, 0.25) is 0 Å². The summed E-state index contributed by atoms with van der Waals surface area (Å²) >= 11 is 1.51. The Hall–Kier alpha value is -2.01.